The van der Waals surface area contributed by atoms with Gasteiger partial charge in [-0.2, -0.15) is 4.98 Å². The summed E-state index contributed by atoms with van der Waals surface area (Å²) in [5.74, 6) is 1.20. The monoisotopic (exact) mass is 422 g/mol. The van der Waals surface area contributed by atoms with Gasteiger partial charge in [0.05, 0.1) is 0 Å². The lowest BCUT2D eigenvalue weighted by atomic mass is 9.96. The minimum absolute atomic E-state index is 0.0346. The molecule has 2 amide bonds. The van der Waals surface area contributed by atoms with Crippen LogP contribution < -0.4 is 5.32 Å². The summed E-state index contributed by atoms with van der Waals surface area (Å²) in [5.41, 5.74) is 1.55. The average Bonchev–Trinajstić information content (AvgIpc) is 3.45. The number of carbonyl (C=O) groups excluding carboxylic acids is 2. The van der Waals surface area contributed by atoms with Crippen LogP contribution >= 0.6 is 11.3 Å². The van der Waals surface area contributed by atoms with Gasteiger partial charge in [-0.3, -0.25) is 9.59 Å². The molecule has 0 atom stereocenters. The van der Waals surface area contributed by atoms with E-state index in [-0.39, 0.29) is 17.7 Å². The summed E-state index contributed by atoms with van der Waals surface area (Å²) in [5, 5.41) is 8.82. The number of hydrogen-bond donors (Lipinski definition) is 1. The van der Waals surface area contributed by atoms with E-state index in [2.05, 4.69) is 15.5 Å². The summed E-state index contributed by atoms with van der Waals surface area (Å²) in [7, 11) is 0. The van der Waals surface area contributed by atoms with E-state index in [0.717, 1.165) is 29.0 Å². The standard InChI is InChI=1S/C22H22N4O3S/c1-15(27)23-18-6-4-16(5-7-18)21-24-22(29-25-21)17-10-12-26(13-11-17)20(28)9-8-19-3-2-14-30-19/h2-9,14,17H,10-13H2,1H3,(H,23,27)/b9-8+. The zero-order valence-electron chi connectivity index (χ0n) is 16.6. The summed E-state index contributed by atoms with van der Waals surface area (Å²) < 4.78 is 5.50. The molecule has 0 radical (unpaired) electrons. The zero-order valence-corrected chi connectivity index (χ0v) is 17.4. The normalized spacial score (nSPS) is 14.9. The molecule has 0 saturated carbocycles. The number of benzene rings is 1. The van der Waals surface area contributed by atoms with Crippen molar-refractivity contribution in [2.24, 2.45) is 0 Å². The van der Waals surface area contributed by atoms with Crippen molar-refractivity contribution in [3.05, 3.63) is 58.6 Å². The van der Waals surface area contributed by atoms with E-state index >= 15 is 0 Å². The molecule has 0 bridgehead atoms. The van der Waals surface area contributed by atoms with E-state index in [1.807, 2.05) is 40.6 Å². The molecule has 30 heavy (non-hydrogen) atoms. The van der Waals surface area contributed by atoms with Crippen molar-refractivity contribution in [1.29, 1.82) is 0 Å². The maximum atomic E-state index is 12.4. The van der Waals surface area contributed by atoms with E-state index in [1.54, 1.807) is 29.5 Å². The highest BCUT2D eigenvalue weighted by Crippen LogP contribution is 2.29. The van der Waals surface area contributed by atoms with Crippen LogP contribution in [-0.4, -0.2) is 39.9 Å². The Labute approximate surface area is 178 Å². The largest absolute Gasteiger partial charge is 0.339 e. The molecule has 0 unspecified atom stereocenters. The van der Waals surface area contributed by atoms with Gasteiger partial charge in [-0.25, -0.2) is 0 Å². The Morgan fingerprint density at radius 3 is 2.63 bits per heavy atom. The fraction of sp³-hybridized carbons (Fsp3) is 0.273. The number of nitrogens with one attached hydrogen (secondary N) is 1. The van der Waals surface area contributed by atoms with Gasteiger partial charge in [0, 0.05) is 48.1 Å². The van der Waals surface area contributed by atoms with E-state index < -0.39 is 0 Å². The van der Waals surface area contributed by atoms with E-state index in [1.165, 1.54) is 6.92 Å². The number of piperidine rings is 1. The predicted octanol–water partition coefficient (Wildman–Crippen LogP) is 4.18. The number of thiophene rings is 1. The van der Waals surface area contributed by atoms with E-state index in [9.17, 15) is 9.59 Å². The van der Waals surface area contributed by atoms with Crippen molar-refractivity contribution >= 4 is 34.9 Å². The number of rotatable bonds is 5. The lowest BCUT2D eigenvalue weighted by Crippen LogP contribution is -2.36. The van der Waals surface area contributed by atoms with Crippen molar-refractivity contribution in [2.45, 2.75) is 25.7 Å². The number of amides is 2. The molecule has 3 heterocycles. The van der Waals surface area contributed by atoms with Crippen LogP contribution in [0.2, 0.25) is 0 Å². The van der Waals surface area contributed by atoms with E-state index in [0.29, 0.717) is 24.8 Å². The molecule has 1 N–H and O–H groups in total. The van der Waals surface area contributed by atoms with Gasteiger partial charge in [0.1, 0.15) is 0 Å². The first kappa shape index (κ1) is 20.0. The highest BCUT2D eigenvalue weighted by molar-refractivity contribution is 7.10. The van der Waals surface area contributed by atoms with Crippen molar-refractivity contribution in [1.82, 2.24) is 15.0 Å². The van der Waals surface area contributed by atoms with Crippen LogP contribution in [0.1, 0.15) is 36.5 Å². The van der Waals surface area contributed by atoms with Gasteiger partial charge in [-0.1, -0.05) is 11.2 Å². The quantitative estimate of drug-likeness (QED) is 0.623. The maximum absolute atomic E-state index is 12.4. The summed E-state index contributed by atoms with van der Waals surface area (Å²) in [6.45, 7) is 2.81. The number of aromatic nitrogens is 2. The maximum Gasteiger partial charge on any atom is 0.246 e. The molecule has 8 heteroatoms. The summed E-state index contributed by atoms with van der Waals surface area (Å²) in [4.78, 5) is 31.0. The SMILES string of the molecule is CC(=O)Nc1ccc(-c2noc(C3CCN(C(=O)/C=C/c4cccs4)CC3)n2)cc1. The second-order valence-electron chi connectivity index (χ2n) is 7.16. The Hall–Kier alpha value is -3.26. The van der Waals surface area contributed by atoms with Gasteiger partial charge in [-0.05, 0) is 54.6 Å². The Bertz CT molecular complexity index is 1030. The van der Waals surface area contributed by atoms with Crippen LogP contribution in [0.25, 0.3) is 17.5 Å². The first-order chi connectivity index (χ1) is 14.6. The number of nitrogens with zero attached hydrogens (tertiary/aromatic N) is 3. The molecule has 7 nitrogen and oxygen atoms in total. The first-order valence-electron chi connectivity index (χ1n) is 9.80. The zero-order chi connectivity index (χ0) is 20.9. The van der Waals surface area contributed by atoms with Crippen LogP contribution in [0.4, 0.5) is 5.69 Å². The van der Waals surface area contributed by atoms with Crippen molar-refractivity contribution in [2.75, 3.05) is 18.4 Å². The molecule has 0 spiro atoms. The van der Waals surface area contributed by atoms with Gasteiger partial charge in [0.25, 0.3) is 0 Å². The summed E-state index contributed by atoms with van der Waals surface area (Å²) in [6.07, 6.45) is 5.09. The van der Waals surface area contributed by atoms with Crippen LogP contribution in [0.5, 0.6) is 0 Å². The third-order valence-electron chi connectivity index (χ3n) is 4.99. The molecule has 1 aliphatic heterocycles. The number of anilines is 1. The lowest BCUT2D eigenvalue weighted by molar-refractivity contribution is -0.127. The smallest absolute Gasteiger partial charge is 0.246 e. The molecule has 2 aromatic heterocycles. The third-order valence-corrected chi connectivity index (χ3v) is 5.83. The van der Waals surface area contributed by atoms with Gasteiger partial charge in [0.2, 0.25) is 23.5 Å². The molecule has 1 saturated heterocycles. The Morgan fingerprint density at radius 1 is 1.20 bits per heavy atom. The molecular formula is C22H22N4O3S. The van der Waals surface area contributed by atoms with E-state index in [4.69, 9.17) is 4.52 Å². The van der Waals surface area contributed by atoms with Crippen LogP contribution in [0.15, 0.2) is 52.4 Å². The molecule has 154 valence electrons. The second-order valence-corrected chi connectivity index (χ2v) is 8.14. The van der Waals surface area contributed by atoms with Gasteiger partial charge in [-0.15, -0.1) is 11.3 Å². The van der Waals surface area contributed by atoms with Crippen LogP contribution in [0, 0.1) is 0 Å². The summed E-state index contributed by atoms with van der Waals surface area (Å²) >= 11 is 1.61. The number of hydrogen-bond acceptors (Lipinski definition) is 6. The van der Waals surface area contributed by atoms with Crippen molar-refractivity contribution in [3.8, 4) is 11.4 Å². The minimum Gasteiger partial charge on any atom is -0.339 e. The van der Waals surface area contributed by atoms with Crippen molar-refractivity contribution < 1.29 is 14.1 Å². The summed E-state index contributed by atoms with van der Waals surface area (Å²) in [6, 6.07) is 11.3. The fourth-order valence-electron chi connectivity index (χ4n) is 3.42. The second kappa shape index (κ2) is 9.04. The van der Waals surface area contributed by atoms with Crippen LogP contribution in [0.3, 0.4) is 0 Å². The molecule has 0 aliphatic carbocycles. The fourth-order valence-corrected chi connectivity index (χ4v) is 4.03. The Balaban J connectivity index is 1.34. The first-order valence-corrected chi connectivity index (χ1v) is 10.7. The predicted molar refractivity (Wildman–Crippen MR) is 116 cm³/mol. The average molecular weight is 423 g/mol. The molecule has 4 rings (SSSR count). The molecule has 1 fully saturated rings. The van der Waals surface area contributed by atoms with Gasteiger partial charge in [0.15, 0.2) is 0 Å². The number of carbonyl (C=O) groups is 2. The van der Waals surface area contributed by atoms with Crippen molar-refractivity contribution in [3.63, 3.8) is 0 Å². The lowest BCUT2D eigenvalue weighted by Gasteiger charge is -2.29. The molecular weight excluding hydrogens is 400 g/mol. The highest BCUT2D eigenvalue weighted by Gasteiger charge is 2.27. The molecule has 1 aliphatic rings. The van der Waals surface area contributed by atoms with Gasteiger partial charge >= 0.3 is 0 Å². The Kier molecular flexibility index (Phi) is 6.04. The van der Waals surface area contributed by atoms with Gasteiger partial charge < -0.3 is 14.7 Å². The minimum atomic E-state index is -0.114. The Morgan fingerprint density at radius 2 is 1.97 bits per heavy atom. The van der Waals surface area contributed by atoms with Crippen LogP contribution in [-0.2, 0) is 9.59 Å². The topological polar surface area (TPSA) is 88.3 Å². The molecule has 3 aromatic rings. The highest BCUT2D eigenvalue weighted by atomic mass is 32.1. The number of likely N-dealkylation sites (tertiary alicyclic amines) is 1. The molecule has 1 aromatic carbocycles. The third kappa shape index (κ3) is 4.83.